The summed E-state index contributed by atoms with van der Waals surface area (Å²) in [6.07, 6.45) is 0. The van der Waals surface area contributed by atoms with E-state index in [4.69, 9.17) is 9.47 Å². The first-order chi connectivity index (χ1) is 12.2. The van der Waals surface area contributed by atoms with E-state index >= 15 is 0 Å². The lowest BCUT2D eigenvalue weighted by atomic mass is 10.1. The van der Waals surface area contributed by atoms with Gasteiger partial charge in [-0.15, -0.1) is 11.8 Å². The molecule has 1 amide bonds. The molecule has 0 aliphatic heterocycles. The number of hydrogen-bond acceptors (Lipinski definition) is 5. The summed E-state index contributed by atoms with van der Waals surface area (Å²) in [5.41, 5.74) is 1.37. The first-order valence-electron chi connectivity index (χ1n) is 7.88. The second-order valence-electron chi connectivity index (χ2n) is 5.22. The number of esters is 1. The van der Waals surface area contributed by atoms with Crippen molar-refractivity contribution < 1.29 is 19.1 Å². The second-order valence-corrected chi connectivity index (χ2v) is 6.39. The van der Waals surface area contributed by atoms with Gasteiger partial charge in [0.15, 0.2) is 6.61 Å². The van der Waals surface area contributed by atoms with Gasteiger partial charge in [-0.2, -0.15) is 0 Å². The van der Waals surface area contributed by atoms with Crippen LogP contribution in [0.5, 0.6) is 0 Å². The molecule has 0 unspecified atom stereocenters. The molecular formula is C19H21NO4S. The van der Waals surface area contributed by atoms with Crippen LogP contribution in [0.1, 0.15) is 15.9 Å². The molecule has 0 heterocycles. The first-order valence-corrected chi connectivity index (χ1v) is 8.87. The van der Waals surface area contributed by atoms with Crippen LogP contribution in [0.4, 0.5) is 0 Å². The van der Waals surface area contributed by atoms with Gasteiger partial charge in [0.1, 0.15) is 0 Å². The fraction of sp³-hybridized carbons (Fsp3) is 0.263. The van der Waals surface area contributed by atoms with Gasteiger partial charge in [-0.1, -0.05) is 30.3 Å². The van der Waals surface area contributed by atoms with Gasteiger partial charge in [-0.25, -0.2) is 4.79 Å². The van der Waals surface area contributed by atoms with Crippen LogP contribution in [-0.2, 0) is 20.9 Å². The highest BCUT2D eigenvalue weighted by atomic mass is 32.2. The molecule has 6 heteroatoms. The third-order valence-electron chi connectivity index (χ3n) is 3.27. The number of hydrogen-bond donors (Lipinski definition) is 1. The van der Waals surface area contributed by atoms with Crippen molar-refractivity contribution in [3.8, 4) is 0 Å². The Bertz CT molecular complexity index is 674. The van der Waals surface area contributed by atoms with E-state index in [1.807, 2.05) is 30.3 Å². The van der Waals surface area contributed by atoms with Gasteiger partial charge in [-0.05, 0) is 29.8 Å². The Balaban J connectivity index is 1.64. The van der Waals surface area contributed by atoms with Crippen molar-refractivity contribution in [3.63, 3.8) is 0 Å². The molecule has 0 radical (unpaired) electrons. The Hall–Kier alpha value is -2.31. The van der Waals surface area contributed by atoms with Crippen molar-refractivity contribution >= 4 is 23.6 Å². The zero-order valence-electron chi connectivity index (χ0n) is 14.1. The van der Waals surface area contributed by atoms with Gasteiger partial charge < -0.3 is 14.8 Å². The molecule has 2 rings (SSSR count). The van der Waals surface area contributed by atoms with Crippen LogP contribution in [-0.4, -0.2) is 37.9 Å². The van der Waals surface area contributed by atoms with Crippen LogP contribution in [0.3, 0.4) is 0 Å². The van der Waals surface area contributed by atoms with Crippen LogP contribution < -0.4 is 5.32 Å². The van der Waals surface area contributed by atoms with E-state index in [9.17, 15) is 9.59 Å². The Kier molecular flexibility index (Phi) is 8.01. The minimum atomic E-state index is -0.516. The maximum atomic E-state index is 11.9. The molecule has 0 atom stereocenters. The fourth-order valence-corrected chi connectivity index (χ4v) is 2.83. The molecule has 5 nitrogen and oxygen atoms in total. The number of carbonyl (C=O) groups is 2. The molecule has 25 heavy (non-hydrogen) atoms. The summed E-state index contributed by atoms with van der Waals surface area (Å²) in [6.45, 7) is 0.717. The van der Waals surface area contributed by atoms with Crippen molar-refractivity contribution in [2.24, 2.45) is 0 Å². The molecule has 2 aromatic rings. The zero-order valence-corrected chi connectivity index (χ0v) is 14.9. The van der Waals surface area contributed by atoms with Gasteiger partial charge >= 0.3 is 5.97 Å². The molecule has 0 saturated carbocycles. The van der Waals surface area contributed by atoms with Gasteiger partial charge in [0.2, 0.25) is 0 Å². The normalized spacial score (nSPS) is 10.3. The number of benzene rings is 2. The minimum Gasteiger partial charge on any atom is -0.452 e. The summed E-state index contributed by atoms with van der Waals surface area (Å²) in [6, 6.07) is 16.9. The smallest absolute Gasteiger partial charge is 0.338 e. The Morgan fingerprint density at radius 2 is 1.76 bits per heavy atom. The van der Waals surface area contributed by atoms with Crippen LogP contribution in [0.2, 0.25) is 0 Å². The van der Waals surface area contributed by atoms with E-state index in [0.29, 0.717) is 18.7 Å². The molecule has 0 bridgehead atoms. The molecule has 0 saturated heterocycles. The van der Waals surface area contributed by atoms with E-state index in [-0.39, 0.29) is 12.5 Å². The minimum absolute atomic E-state index is 0.283. The highest BCUT2D eigenvalue weighted by Crippen LogP contribution is 2.15. The highest BCUT2D eigenvalue weighted by molar-refractivity contribution is 7.99. The van der Waals surface area contributed by atoms with Gasteiger partial charge in [0.25, 0.3) is 5.91 Å². The fourth-order valence-electron chi connectivity index (χ4n) is 2.05. The van der Waals surface area contributed by atoms with E-state index in [2.05, 4.69) is 5.32 Å². The molecule has 0 fully saturated rings. The molecule has 132 valence electrons. The third kappa shape index (κ3) is 6.99. The molecule has 0 aromatic heterocycles. The molecule has 0 spiro atoms. The van der Waals surface area contributed by atoms with E-state index in [1.165, 1.54) is 0 Å². The third-order valence-corrected chi connectivity index (χ3v) is 4.28. The number of carbonyl (C=O) groups excluding carboxylic acids is 2. The summed E-state index contributed by atoms with van der Waals surface area (Å²) in [5, 5.41) is 2.73. The number of ether oxygens (including phenoxy) is 2. The van der Waals surface area contributed by atoms with Gasteiger partial charge in [0.05, 0.1) is 12.2 Å². The molecular weight excluding hydrogens is 338 g/mol. The van der Waals surface area contributed by atoms with E-state index in [1.54, 1.807) is 43.1 Å². The Morgan fingerprint density at radius 3 is 2.44 bits per heavy atom. The number of methoxy groups -OCH3 is 1. The summed E-state index contributed by atoms with van der Waals surface area (Å²) in [7, 11) is 1.61. The summed E-state index contributed by atoms with van der Waals surface area (Å²) >= 11 is 1.66. The second kappa shape index (κ2) is 10.5. The highest BCUT2D eigenvalue weighted by Gasteiger charge is 2.10. The largest absolute Gasteiger partial charge is 0.452 e. The SMILES string of the molecule is COCc1ccc(C(=O)OCC(=O)NCCSc2ccccc2)cc1. The van der Waals surface area contributed by atoms with Crippen LogP contribution in [0, 0.1) is 0 Å². The maximum absolute atomic E-state index is 11.9. The lowest BCUT2D eigenvalue weighted by Crippen LogP contribution is -2.30. The van der Waals surface area contributed by atoms with E-state index < -0.39 is 5.97 Å². The molecule has 0 aliphatic carbocycles. The predicted molar refractivity (Wildman–Crippen MR) is 97.6 cm³/mol. The van der Waals surface area contributed by atoms with Crippen LogP contribution in [0.15, 0.2) is 59.5 Å². The predicted octanol–water partition coefficient (Wildman–Crippen LogP) is 2.90. The van der Waals surface area contributed by atoms with Crippen molar-refractivity contribution in [2.75, 3.05) is 26.0 Å². The number of nitrogens with one attached hydrogen (secondary N) is 1. The number of rotatable bonds is 9. The lowest BCUT2D eigenvalue weighted by molar-refractivity contribution is -0.124. The summed E-state index contributed by atoms with van der Waals surface area (Å²) < 4.78 is 10.0. The standard InChI is InChI=1S/C19H21NO4S/c1-23-13-15-7-9-16(10-8-15)19(22)24-14-18(21)20-11-12-25-17-5-3-2-4-6-17/h2-10H,11-14H2,1H3,(H,20,21). The van der Waals surface area contributed by atoms with Crippen LogP contribution in [0.25, 0.3) is 0 Å². The van der Waals surface area contributed by atoms with Crippen LogP contribution >= 0.6 is 11.8 Å². The summed E-state index contributed by atoms with van der Waals surface area (Å²) in [4.78, 5) is 24.8. The topological polar surface area (TPSA) is 64.6 Å². The Labute approximate surface area is 151 Å². The molecule has 0 aliphatic rings. The van der Waals surface area contributed by atoms with Crippen molar-refractivity contribution in [2.45, 2.75) is 11.5 Å². The van der Waals surface area contributed by atoms with E-state index in [0.717, 1.165) is 16.2 Å². The van der Waals surface area contributed by atoms with Crippen molar-refractivity contribution in [1.82, 2.24) is 5.32 Å². The van der Waals surface area contributed by atoms with Gasteiger partial charge in [0, 0.05) is 24.3 Å². The molecule has 2 aromatic carbocycles. The quantitative estimate of drug-likeness (QED) is 0.424. The van der Waals surface area contributed by atoms with Crippen molar-refractivity contribution in [1.29, 1.82) is 0 Å². The van der Waals surface area contributed by atoms with Crippen molar-refractivity contribution in [3.05, 3.63) is 65.7 Å². The monoisotopic (exact) mass is 359 g/mol. The first kappa shape index (κ1) is 19.0. The number of thioether (sulfide) groups is 1. The zero-order chi connectivity index (χ0) is 17.9. The number of amides is 1. The Morgan fingerprint density at radius 1 is 1.04 bits per heavy atom. The average molecular weight is 359 g/mol. The average Bonchev–Trinajstić information content (AvgIpc) is 2.65. The lowest BCUT2D eigenvalue weighted by Gasteiger charge is -2.07. The molecule has 1 N–H and O–H groups in total. The van der Waals surface area contributed by atoms with Gasteiger partial charge in [-0.3, -0.25) is 4.79 Å². The summed E-state index contributed by atoms with van der Waals surface area (Å²) in [5.74, 6) is -0.0687. The maximum Gasteiger partial charge on any atom is 0.338 e.